The molecule has 0 bridgehead atoms. The molecule has 0 saturated carbocycles. The van der Waals surface area contributed by atoms with Crippen LogP contribution in [-0.2, 0) is 6.42 Å². The fourth-order valence-corrected chi connectivity index (χ4v) is 1.30. The number of nitrogens with two attached hydrogens (primary N) is 1. The number of primary amides is 1. The molecule has 0 fully saturated rings. The van der Waals surface area contributed by atoms with E-state index < -0.39 is 5.91 Å². The number of amides is 1. The van der Waals surface area contributed by atoms with Gasteiger partial charge in [0.15, 0.2) is 5.69 Å². The molecule has 6 nitrogen and oxygen atoms in total. The van der Waals surface area contributed by atoms with Gasteiger partial charge in [-0.05, 0) is 18.6 Å². The molecule has 1 amide bonds. The van der Waals surface area contributed by atoms with Gasteiger partial charge in [-0.15, -0.1) is 5.10 Å². The highest BCUT2D eigenvalue weighted by Gasteiger charge is 2.07. The van der Waals surface area contributed by atoms with Crippen molar-refractivity contribution in [1.29, 1.82) is 0 Å². The normalized spacial score (nSPS) is 10.3. The highest BCUT2D eigenvalue weighted by molar-refractivity contribution is 5.90. The van der Waals surface area contributed by atoms with Crippen molar-refractivity contribution >= 4 is 5.91 Å². The van der Waals surface area contributed by atoms with E-state index in [0.717, 1.165) is 17.8 Å². The number of carbonyl (C=O) groups is 1. The van der Waals surface area contributed by atoms with Crippen LogP contribution in [0.15, 0.2) is 24.5 Å². The van der Waals surface area contributed by atoms with Gasteiger partial charge in [0.25, 0.3) is 5.91 Å². The number of hydrogen-bond donors (Lipinski definition) is 1. The van der Waals surface area contributed by atoms with E-state index in [0.29, 0.717) is 0 Å². The summed E-state index contributed by atoms with van der Waals surface area (Å²) in [6.45, 7) is 2.02. The van der Waals surface area contributed by atoms with Gasteiger partial charge in [-0.3, -0.25) is 9.78 Å². The highest BCUT2D eigenvalue weighted by atomic mass is 16.1. The molecule has 0 aromatic carbocycles. The zero-order valence-corrected chi connectivity index (χ0v) is 8.79. The Kier molecular flexibility index (Phi) is 2.63. The number of pyridine rings is 1. The Morgan fingerprint density at radius 1 is 1.56 bits per heavy atom. The summed E-state index contributed by atoms with van der Waals surface area (Å²) in [7, 11) is 0. The van der Waals surface area contributed by atoms with E-state index in [1.807, 2.05) is 13.0 Å². The number of carbonyl (C=O) groups excluding carboxylic acids is 1. The Balaban J connectivity index is 2.38. The summed E-state index contributed by atoms with van der Waals surface area (Å²) in [5.74, 6) is -0.587. The van der Waals surface area contributed by atoms with E-state index >= 15 is 0 Å². The molecular weight excluding hydrogens is 206 g/mol. The van der Waals surface area contributed by atoms with Crippen LogP contribution in [0.1, 0.15) is 23.1 Å². The molecule has 0 aliphatic carbocycles. The average Bonchev–Trinajstić information content (AvgIpc) is 2.78. The second-order valence-electron chi connectivity index (χ2n) is 3.27. The molecule has 2 heterocycles. The molecule has 0 atom stereocenters. The number of nitrogens with zero attached hydrogens (tertiary/aromatic N) is 4. The van der Waals surface area contributed by atoms with Crippen molar-refractivity contribution in [2.75, 3.05) is 0 Å². The average molecular weight is 217 g/mol. The predicted molar refractivity (Wildman–Crippen MR) is 57.0 cm³/mol. The lowest BCUT2D eigenvalue weighted by Gasteiger charge is -2.01. The summed E-state index contributed by atoms with van der Waals surface area (Å²) < 4.78 is 1.50. The largest absolute Gasteiger partial charge is 0.364 e. The van der Waals surface area contributed by atoms with Gasteiger partial charge in [0.2, 0.25) is 0 Å². The summed E-state index contributed by atoms with van der Waals surface area (Å²) in [6.07, 6.45) is 4.03. The van der Waals surface area contributed by atoms with Gasteiger partial charge in [0.05, 0.1) is 11.9 Å². The van der Waals surface area contributed by atoms with Crippen LogP contribution in [0.2, 0.25) is 0 Å². The van der Waals surface area contributed by atoms with Crippen LogP contribution in [0.4, 0.5) is 0 Å². The summed E-state index contributed by atoms with van der Waals surface area (Å²) in [4.78, 5) is 15.0. The second kappa shape index (κ2) is 4.09. The molecule has 2 aromatic rings. The first kappa shape index (κ1) is 10.3. The van der Waals surface area contributed by atoms with Gasteiger partial charge in [0, 0.05) is 11.9 Å². The Labute approximate surface area is 92.1 Å². The van der Waals surface area contributed by atoms with Gasteiger partial charge in [-0.2, -0.15) is 0 Å². The first-order valence-electron chi connectivity index (χ1n) is 4.88. The van der Waals surface area contributed by atoms with E-state index in [2.05, 4.69) is 15.3 Å². The lowest BCUT2D eigenvalue weighted by Crippen LogP contribution is -2.11. The molecule has 0 radical (unpaired) electrons. The van der Waals surface area contributed by atoms with Crippen LogP contribution >= 0.6 is 0 Å². The van der Waals surface area contributed by atoms with Crippen LogP contribution in [0, 0.1) is 0 Å². The standard InChI is InChI=1S/C10H11N5O/c1-2-7-5-8(3-4-12-7)15-6-9(10(11)16)13-14-15/h3-6H,2H2,1H3,(H2,11,16). The molecule has 0 unspecified atom stereocenters. The zero-order valence-electron chi connectivity index (χ0n) is 8.79. The van der Waals surface area contributed by atoms with Gasteiger partial charge >= 0.3 is 0 Å². The minimum absolute atomic E-state index is 0.148. The minimum atomic E-state index is -0.587. The van der Waals surface area contributed by atoms with Crippen molar-refractivity contribution in [2.24, 2.45) is 5.73 Å². The first-order chi connectivity index (χ1) is 7.70. The van der Waals surface area contributed by atoms with Crippen molar-refractivity contribution in [3.63, 3.8) is 0 Å². The molecule has 2 rings (SSSR count). The molecule has 16 heavy (non-hydrogen) atoms. The molecule has 82 valence electrons. The fourth-order valence-electron chi connectivity index (χ4n) is 1.30. The zero-order chi connectivity index (χ0) is 11.5. The first-order valence-corrected chi connectivity index (χ1v) is 4.88. The molecule has 0 aliphatic rings. The maximum atomic E-state index is 10.9. The summed E-state index contributed by atoms with van der Waals surface area (Å²) in [5.41, 5.74) is 7.01. The van der Waals surface area contributed by atoms with Crippen LogP contribution < -0.4 is 5.73 Å². The predicted octanol–water partition coefficient (Wildman–Crippen LogP) is 0.324. The monoisotopic (exact) mass is 217 g/mol. The minimum Gasteiger partial charge on any atom is -0.364 e. The fraction of sp³-hybridized carbons (Fsp3) is 0.200. The van der Waals surface area contributed by atoms with Crippen molar-refractivity contribution < 1.29 is 4.79 Å². The van der Waals surface area contributed by atoms with E-state index in [4.69, 9.17) is 5.73 Å². The number of hydrogen-bond acceptors (Lipinski definition) is 4. The van der Waals surface area contributed by atoms with E-state index in [1.165, 1.54) is 10.9 Å². The van der Waals surface area contributed by atoms with Gasteiger partial charge in [-0.25, -0.2) is 4.68 Å². The number of aromatic nitrogens is 4. The lowest BCUT2D eigenvalue weighted by atomic mass is 10.3. The Morgan fingerprint density at radius 3 is 3.00 bits per heavy atom. The Hall–Kier alpha value is -2.24. The Morgan fingerprint density at radius 2 is 2.38 bits per heavy atom. The SMILES string of the molecule is CCc1cc(-n2cc(C(N)=O)nn2)ccn1. The van der Waals surface area contributed by atoms with Crippen molar-refractivity contribution in [3.8, 4) is 5.69 Å². The number of rotatable bonds is 3. The van der Waals surface area contributed by atoms with Crippen molar-refractivity contribution in [3.05, 3.63) is 35.9 Å². The third kappa shape index (κ3) is 1.90. The quantitative estimate of drug-likeness (QED) is 0.802. The van der Waals surface area contributed by atoms with Crippen LogP contribution in [0.3, 0.4) is 0 Å². The lowest BCUT2D eigenvalue weighted by molar-refractivity contribution is 0.0995. The maximum absolute atomic E-state index is 10.9. The van der Waals surface area contributed by atoms with E-state index in [1.54, 1.807) is 12.3 Å². The second-order valence-corrected chi connectivity index (χ2v) is 3.27. The molecule has 6 heteroatoms. The van der Waals surface area contributed by atoms with Crippen LogP contribution in [0.5, 0.6) is 0 Å². The highest BCUT2D eigenvalue weighted by Crippen LogP contribution is 2.07. The van der Waals surface area contributed by atoms with Crippen LogP contribution in [-0.4, -0.2) is 25.9 Å². The third-order valence-corrected chi connectivity index (χ3v) is 2.17. The maximum Gasteiger partial charge on any atom is 0.270 e. The van der Waals surface area contributed by atoms with Gasteiger partial charge < -0.3 is 5.73 Å². The summed E-state index contributed by atoms with van der Waals surface area (Å²) in [5, 5.41) is 7.49. The molecule has 0 spiro atoms. The molecule has 2 aromatic heterocycles. The topological polar surface area (TPSA) is 86.7 Å². The molecule has 2 N–H and O–H groups in total. The molecule has 0 aliphatic heterocycles. The summed E-state index contributed by atoms with van der Waals surface area (Å²) >= 11 is 0. The number of aryl methyl sites for hydroxylation is 1. The smallest absolute Gasteiger partial charge is 0.270 e. The van der Waals surface area contributed by atoms with Gasteiger partial charge in [-0.1, -0.05) is 12.1 Å². The Bertz CT molecular complexity index is 519. The molecule has 0 saturated heterocycles. The third-order valence-electron chi connectivity index (χ3n) is 2.17. The van der Waals surface area contributed by atoms with E-state index in [9.17, 15) is 4.79 Å². The van der Waals surface area contributed by atoms with Gasteiger partial charge in [0.1, 0.15) is 0 Å². The van der Waals surface area contributed by atoms with Crippen molar-refractivity contribution in [2.45, 2.75) is 13.3 Å². The summed E-state index contributed by atoms with van der Waals surface area (Å²) in [6, 6.07) is 3.68. The molecular formula is C10H11N5O. The van der Waals surface area contributed by atoms with Crippen molar-refractivity contribution in [1.82, 2.24) is 20.0 Å². The van der Waals surface area contributed by atoms with Crippen LogP contribution in [0.25, 0.3) is 5.69 Å². The van der Waals surface area contributed by atoms with E-state index in [-0.39, 0.29) is 5.69 Å².